The van der Waals surface area contributed by atoms with Gasteiger partial charge >= 0.3 is 12.1 Å². The minimum atomic E-state index is -1.07. The summed E-state index contributed by atoms with van der Waals surface area (Å²) in [6.07, 6.45) is 3.00. The molecule has 0 heterocycles. The number of alkyl carbamates (subject to hydrolysis) is 1. The van der Waals surface area contributed by atoms with Crippen molar-refractivity contribution in [3.8, 4) is 0 Å². The predicted octanol–water partition coefficient (Wildman–Crippen LogP) is 6.43. The Balaban J connectivity index is 2.54. The molecule has 45 heavy (non-hydrogen) atoms. The fourth-order valence-electron chi connectivity index (χ4n) is 4.88. The molecule has 2 N–H and O–H groups in total. The summed E-state index contributed by atoms with van der Waals surface area (Å²) in [6.45, 7) is 16.4. The summed E-state index contributed by atoms with van der Waals surface area (Å²) in [5.74, 6) is -1.51. The predicted molar refractivity (Wildman–Crippen MR) is 177 cm³/mol. The second-order valence-corrected chi connectivity index (χ2v) is 13.5. The number of rotatable bonds is 14. The van der Waals surface area contributed by atoms with Crippen molar-refractivity contribution >= 4 is 23.9 Å². The van der Waals surface area contributed by atoms with Gasteiger partial charge in [-0.25, -0.2) is 9.59 Å². The van der Waals surface area contributed by atoms with E-state index in [0.717, 1.165) is 30.4 Å². The number of nitrogens with one attached hydrogen (secondary N) is 2. The maximum Gasteiger partial charge on any atom is 0.408 e. The maximum atomic E-state index is 14.4. The van der Waals surface area contributed by atoms with Gasteiger partial charge in [-0.05, 0) is 78.5 Å². The van der Waals surface area contributed by atoms with Crippen molar-refractivity contribution in [2.75, 3.05) is 6.54 Å². The Bertz CT molecular complexity index is 1270. The van der Waals surface area contributed by atoms with Crippen LogP contribution >= 0.6 is 0 Å². The number of carbonyl (C=O) groups excluding carboxylic acids is 4. The van der Waals surface area contributed by atoms with E-state index in [4.69, 9.17) is 9.47 Å². The number of amides is 3. The van der Waals surface area contributed by atoms with Crippen LogP contribution < -0.4 is 10.6 Å². The molecule has 0 saturated heterocycles. The highest BCUT2D eigenvalue weighted by atomic mass is 16.6. The third-order valence-corrected chi connectivity index (χ3v) is 6.97. The quantitative estimate of drug-likeness (QED) is 0.185. The van der Waals surface area contributed by atoms with E-state index in [-0.39, 0.29) is 13.0 Å². The molecule has 0 fully saturated rings. The standard InChI is InChI=1S/C36H53N3O6/c1-10-11-12-18-23-39(32(41)26(3)37-34(43)45-36(7,8)9)30(28-22-17-16-19-25(28)2)31(40)38-29(33(42)44-35(4,5)6)24-27-20-14-13-15-21-27/h13-17,19-22,26,29-30H,10-12,18,23-24H2,1-9H3,(H,37,43)(H,38,40). The lowest BCUT2D eigenvalue weighted by molar-refractivity contribution is -0.159. The molecule has 3 atom stereocenters. The van der Waals surface area contributed by atoms with Crippen LogP contribution in [0.25, 0.3) is 0 Å². The normalized spacial score (nSPS) is 13.6. The van der Waals surface area contributed by atoms with Gasteiger partial charge < -0.3 is 25.0 Å². The van der Waals surface area contributed by atoms with Gasteiger partial charge in [-0.15, -0.1) is 0 Å². The molecule has 3 amide bonds. The van der Waals surface area contributed by atoms with Crippen LogP contribution in [0.5, 0.6) is 0 Å². The van der Waals surface area contributed by atoms with Crippen LogP contribution in [0.4, 0.5) is 4.79 Å². The lowest BCUT2D eigenvalue weighted by Crippen LogP contribution is -2.54. The van der Waals surface area contributed by atoms with Crippen LogP contribution in [0.3, 0.4) is 0 Å². The van der Waals surface area contributed by atoms with E-state index in [2.05, 4.69) is 17.6 Å². The van der Waals surface area contributed by atoms with Crippen molar-refractivity contribution in [2.24, 2.45) is 0 Å². The Labute approximate surface area is 269 Å². The van der Waals surface area contributed by atoms with Crippen molar-refractivity contribution < 1.29 is 28.7 Å². The van der Waals surface area contributed by atoms with Gasteiger partial charge in [0, 0.05) is 13.0 Å². The zero-order valence-corrected chi connectivity index (χ0v) is 28.6. The smallest absolute Gasteiger partial charge is 0.408 e. The molecule has 2 aromatic rings. The van der Waals surface area contributed by atoms with Gasteiger partial charge in [0.05, 0.1) is 0 Å². The highest BCUT2D eigenvalue weighted by Gasteiger charge is 2.37. The number of benzene rings is 2. The van der Waals surface area contributed by atoms with E-state index in [0.29, 0.717) is 12.0 Å². The molecule has 0 aliphatic rings. The van der Waals surface area contributed by atoms with Crippen molar-refractivity contribution in [1.82, 2.24) is 15.5 Å². The first-order valence-corrected chi connectivity index (χ1v) is 15.9. The summed E-state index contributed by atoms with van der Waals surface area (Å²) in [5, 5.41) is 5.58. The van der Waals surface area contributed by atoms with E-state index in [1.165, 1.54) is 4.90 Å². The summed E-state index contributed by atoms with van der Waals surface area (Å²) in [4.78, 5) is 56.1. The fraction of sp³-hybridized carbons (Fsp3) is 0.556. The molecular formula is C36H53N3O6. The molecule has 9 nitrogen and oxygen atoms in total. The molecule has 2 aromatic carbocycles. The average molecular weight is 624 g/mol. The molecule has 0 radical (unpaired) electrons. The van der Waals surface area contributed by atoms with E-state index in [1.807, 2.05) is 61.5 Å². The van der Waals surface area contributed by atoms with Gasteiger partial charge in [0.25, 0.3) is 0 Å². The SMILES string of the molecule is CCCCCCN(C(=O)C(C)NC(=O)OC(C)(C)C)C(C(=O)NC(Cc1ccccc1)C(=O)OC(C)(C)C)c1ccccc1C. The second kappa shape index (κ2) is 17.0. The molecule has 3 unspecified atom stereocenters. The Morgan fingerprint density at radius 2 is 1.40 bits per heavy atom. The number of hydrogen-bond acceptors (Lipinski definition) is 6. The molecule has 0 spiro atoms. The first-order chi connectivity index (χ1) is 21.0. The molecule has 0 aromatic heterocycles. The second-order valence-electron chi connectivity index (χ2n) is 13.5. The minimum absolute atomic E-state index is 0.211. The van der Waals surface area contributed by atoms with Crippen LogP contribution in [-0.2, 0) is 30.3 Å². The van der Waals surface area contributed by atoms with E-state index < -0.39 is 53.2 Å². The van der Waals surface area contributed by atoms with Crippen molar-refractivity contribution in [2.45, 2.75) is 124 Å². The van der Waals surface area contributed by atoms with Gasteiger partial charge in [-0.1, -0.05) is 80.8 Å². The Kier molecular flexibility index (Phi) is 14.1. The first-order valence-electron chi connectivity index (χ1n) is 15.9. The minimum Gasteiger partial charge on any atom is -0.458 e. The average Bonchev–Trinajstić information content (AvgIpc) is 2.93. The maximum absolute atomic E-state index is 14.4. The lowest BCUT2D eigenvalue weighted by atomic mass is 9.97. The highest BCUT2D eigenvalue weighted by Crippen LogP contribution is 2.27. The topological polar surface area (TPSA) is 114 Å². The zero-order valence-electron chi connectivity index (χ0n) is 28.6. The van der Waals surface area contributed by atoms with Gasteiger partial charge in [-0.2, -0.15) is 0 Å². The first kappa shape index (κ1) is 37.3. The third-order valence-electron chi connectivity index (χ3n) is 6.97. The van der Waals surface area contributed by atoms with E-state index in [9.17, 15) is 19.2 Å². The lowest BCUT2D eigenvalue weighted by Gasteiger charge is -2.35. The van der Waals surface area contributed by atoms with Crippen LogP contribution in [0.15, 0.2) is 54.6 Å². The largest absolute Gasteiger partial charge is 0.458 e. The van der Waals surface area contributed by atoms with Crippen molar-refractivity contribution in [3.63, 3.8) is 0 Å². The molecule has 0 bridgehead atoms. The van der Waals surface area contributed by atoms with E-state index >= 15 is 0 Å². The molecule has 2 rings (SSSR count). The summed E-state index contributed by atoms with van der Waals surface area (Å²) in [7, 11) is 0. The number of unbranched alkanes of at least 4 members (excludes halogenated alkanes) is 3. The summed E-state index contributed by atoms with van der Waals surface area (Å²) < 4.78 is 11.1. The van der Waals surface area contributed by atoms with Crippen LogP contribution in [-0.4, -0.2) is 58.6 Å². The van der Waals surface area contributed by atoms with Crippen LogP contribution in [0.1, 0.15) is 104 Å². The number of hydrogen-bond donors (Lipinski definition) is 2. The van der Waals surface area contributed by atoms with Crippen LogP contribution in [0.2, 0.25) is 0 Å². The molecule has 248 valence electrons. The molecule has 0 saturated carbocycles. The van der Waals surface area contributed by atoms with Gasteiger partial charge in [0.1, 0.15) is 29.3 Å². The molecule has 9 heteroatoms. The zero-order chi connectivity index (χ0) is 33.8. The molecular weight excluding hydrogens is 570 g/mol. The Hall–Kier alpha value is -3.88. The number of esters is 1. The van der Waals surface area contributed by atoms with Gasteiger partial charge in [0.15, 0.2) is 0 Å². The number of nitrogens with zero attached hydrogens (tertiary/aromatic N) is 1. The van der Waals surface area contributed by atoms with Crippen LogP contribution in [0, 0.1) is 6.92 Å². The number of aryl methyl sites for hydroxylation is 1. The molecule has 0 aliphatic carbocycles. The number of ether oxygens (including phenoxy) is 2. The highest BCUT2D eigenvalue weighted by molar-refractivity contribution is 5.94. The summed E-state index contributed by atoms with van der Waals surface area (Å²) in [5.41, 5.74) is 0.783. The number of carbonyl (C=O) groups is 4. The van der Waals surface area contributed by atoms with Crippen molar-refractivity contribution in [3.05, 3.63) is 71.3 Å². The Morgan fingerprint density at radius 1 is 0.800 bits per heavy atom. The van der Waals surface area contributed by atoms with Gasteiger partial charge in [-0.3, -0.25) is 9.59 Å². The Morgan fingerprint density at radius 3 is 1.98 bits per heavy atom. The third kappa shape index (κ3) is 12.9. The van der Waals surface area contributed by atoms with E-state index in [1.54, 1.807) is 48.5 Å². The fourth-order valence-corrected chi connectivity index (χ4v) is 4.88. The summed E-state index contributed by atoms with van der Waals surface area (Å²) in [6, 6.07) is 13.7. The molecule has 0 aliphatic heterocycles. The summed E-state index contributed by atoms with van der Waals surface area (Å²) >= 11 is 0. The van der Waals surface area contributed by atoms with Gasteiger partial charge in [0.2, 0.25) is 11.8 Å². The monoisotopic (exact) mass is 623 g/mol. The van der Waals surface area contributed by atoms with Crippen molar-refractivity contribution in [1.29, 1.82) is 0 Å².